The summed E-state index contributed by atoms with van der Waals surface area (Å²) in [6, 6.07) is -0.741. The van der Waals surface area contributed by atoms with E-state index in [0.29, 0.717) is 18.5 Å². The number of benzene rings is 1. The summed E-state index contributed by atoms with van der Waals surface area (Å²) in [5.41, 5.74) is 6.41. The van der Waals surface area contributed by atoms with Crippen molar-refractivity contribution in [3.63, 3.8) is 0 Å². The number of hydrogen-bond acceptors (Lipinski definition) is 5. The Morgan fingerprint density at radius 2 is 1.88 bits per heavy atom. The van der Waals surface area contributed by atoms with Gasteiger partial charge in [-0.15, -0.1) is 5.10 Å². The summed E-state index contributed by atoms with van der Waals surface area (Å²) in [6.07, 6.45) is 7.67. The molecule has 2 atom stereocenters. The average Bonchev–Trinajstić information content (AvgIpc) is 3.46. The number of aromatic nitrogens is 3. The molecular formula is C22H28F4N4O2. The largest absolute Gasteiger partial charge is 0.479 e. The van der Waals surface area contributed by atoms with Gasteiger partial charge in [-0.2, -0.15) is 8.78 Å². The lowest BCUT2D eigenvalue weighted by Crippen LogP contribution is -2.40. The van der Waals surface area contributed by atoms with E-state index < -0.39 is 53.0 Å². The molecule has 0 amide bonds. The molecule has 1 saturated carbocycles. The molecule has 1 heterocycles. The number of ether oxygens (including phenoxy) is 1. The first kappa shape index (κ1) is 24.2. The zero-order valence-corrected chi connectivity index (χ0v) is 18.2. The number of hydrogen-bond donors (Lipinski definition) is 1. The summed E-state index contributed by atoms with van der Waals surface area (Å²) >= 11 is 0. The van der Waals surface area contributed by atoms with Crippen LogP contribution in [0.2, 0.25) is 0 Å². The van der Waals surface area contributed by atoms with Gasteiger partial charge in [0.05, 0.1) is 11.7 Å². The van der Waals surface area contributed by atoms with Crippen LogP contribution < -0.4 is 10.5 Å². The molecule has 10 heteroatoms. The summed E-state index contributed by atoms with van der Waals surface area (Å²) in [5, 5.41) is 8.28. The Bertz CT molecular complexity index is 931. The third-order valence-electron chi connectivity index (χ3n) is 6.22. The molecular weight excluding hydrogens is 428 g/mol. The number of halogens is 4. The van der Waals surface area contributed by atoms with Crippen molar-refractivity contribution >= 4 is 5.78 Å². The van der Waals surface area contributed by atoms with Crippen LogP contribution in [-0.4, -0.2) is 27.4 Å². The summed E-state index contributed by atoms with van der Waals surface area (Å²) < 4.78 is 60.7. The molecule has 0 spiro atoms. The van der Waals surface area contributed by atoms with Gasteiger partial charge in [0.2, 0.25) is 11.6 Å². The van der Waals surface area contributed by atoms with E-state index in [2.05, 4.69) is 10.3 Å². The van der Waals surface area contributed by atoms with Gasteiger partial charge in [0.25, 0.3) is 0 Å². The van der Waals surface area contributed by atoms with E-state index in [-0.39, 0.29) is 12.0 Å². The Balaban J connectivity index is 1.78. The van der Waals surface area contributed by atoms with Gasteiger partial charge in [0, 0.05) is 6.07 Å². The Morgan fingerprint density at radius 3 is 2.47 bits per heavy atom. The normalized spacial score (nSPS) is 17.3. The second-order valence-electron chi connectivity index (χ2n) is 8.56. The number of unbranched alkanes of at least 4 members (excludes halogenated alkanes) is 1. The number of Topliss-reactive ketones (excluding diaryl/α,β-unsaturated/α-hetero) is 1. The number of nitrogens with two attached hydrogens (primary N) is 1. The van der Waals surface area contributed by atoms with Crippen LogP contribution in [0.4, 0.5) is 17.6 Å². The SMILES string of the molecule is CCCCC(C(=O)COc1c(F)c(F)cc(F)c1F)n1cc([C@@](C)(N)C2CCCC2)nn1. The first-order valence-electron chi connectivity index (χ1n) is 10.9. The van der Waals surface area contributed by atoms with Crippen LogP contribution in [0.5, 0.6) is 5.75 Å². The van der Waals surface area contributed by atoms with E-state index in [0.717, 1.165) is 32.1 Å². The monoisotopic (exact) mass is 456 g/mol. The van der Waals surface area contributed by atoms with Gasteiger partial charge >= 0.3 is 0 Å². The summed E-state index contributed by atoms with van der Waals surface area (Å²) in [4.78, 5) is 12.9. The maximum atomic E-state index is 13.8. The molecule has 3 rings (SSSR count). The lowest BCUT2D eigenvalue weighted by atomic mass is 9.83. The van der Waals surface area contributed by atoms with E-state index in [1.807, 2.05) is 13.8 Å². The molecule has 6 nitrogen and oxygen atoms in total. The predicted molar refractivity (Wildman–Crippen MR) is 109 cm³/mol. The van der Waals surface area contributed by atoms with Crippen molar-refractivity contribution in [3.8, 4) is 5.75 Å². The smallest absolute Gasteiger partial charge is 0.203 e. The Morgan fingerprint density at radius 1 is 1.25 bits per heavy atom. The zero-order chi connectivity index (χ0) is 23.5. The molecule has 1 aliphatic carbocycles. The molecule has 1 unspecified atom stereocenters. The van der Waals surface area contributed by atoms with Gasteiger partial charge in [0.15, 0.2) is 23.2 Å². The average molecular weight is 456 g/mol. The zero-order valence-electron chi connectivity index (χ0n) is 18.2. The summed E-state index contributed by atoms with van der Waals surface area (Å²) in [6.45, 7) is 3.05. The van der Waals surface area contributed by atoms with Crippen LogP contribution in [0.15, 0.2) is 12.3 Å². The number of ketones is 1. The molecule has 1 aliphatic rings. The van der Waals surface area contributed by atoms with Crippen molar-refractivity contribution in [1.29, 1.82) is 0 Å². The fourth-order valence-corrected chi connectivity index (χ4v) is 4.17. The summed E-state index contributed by atoms with van der Waals surface area (Å²) in [5.74, 6) is -8.17. The van der Waals surface area contributed by atoms with Gasteiger partial charge in [-0.1, -0.05) is 37.8 Å². The van der Waals surface area contributed by atoms with Crippen LogP contribution in [0.1, 0.15) is 70.5 Å². The van der Waals surface area contributed by atoms with Crippen LogP contribution in [0.25, 0.3) is 0 Å². The first-order valence-corrected chi connectivity index (χ1v) is 10.9. The van der Waals surface area contributed by atoms with E-state index in [1.54, 1.807) is 6.20 Å². The molecule has 1 aromatic heterocycles. The molecule has 176 valence electrons. The quantitative estimate of drug-likeness (QED) is 0.418. The Hall–Kier alpha value is -2.49. The molecule has 2 aromatic rings. The van der Waals surface area contributed by atoms with Crippen LogP contribution in [-0.2, 0) is 10.3 Å². The number of carbonyl (C=O) groups excluding carboxylic acids is 1. The van der Waals surface area contributed by atoms with E-state index in [1.165, 1.54) is 4.68 Å². The number of rotatable bonds is 10. The van der Waals surface area contributed by atoms with Crippen LogP contribution >= 0.6 is 0 Å². The molecule has 0 saturated heterocycles. The maximum Gasteiger partial charge on any atom is 0.203 e. The highest BCUT2D eigenvalue weighted by atomic mass is 19.2. The van der Waals surface area contributed by atoms with Crippen LogP contribution in [0, 0.1) is 29.2 Å². The van der Waals surface area contributed by atoms with E-state index in [4.69, 9.17) is 10.5 Å². The third kappa shape index (κ3) is 4.95. The van der Waals surface area contributed by atoms with Gasteiger partial charge in [-0.05, 0) is 32.1 Å². The predicted octanol–water partition coefficient (Wildman–Crippen LogP) is 4.58. The molecule has 0 aliphatic heterocycles. The fraction of sp³-hybridized carbons (Fsp3) is 0.591. The number of carbonyl (C=O) groups is 1. The minimum absolute atomic E-state index is 0.0779. The standard InChI is InChI=1S/C22H28F4N4O2/c1-3-4-9-16(17(31)12-32-21-19(25)14(23)10-15(24)20(21)26)30-11-18(28-29-30)22(2,27)13-7-5-6-8-13/h10-11,13,16H,3-9,12,27H2,1-2H3/t16?,22-/m0/s1. The van der Waals surface area contributed by atoms with Crippen molar-refractivity contribution < 1.29 is 27.1 Å². The second kappa shape index (κ2) is 9.97. The van der Waals surface area contributed by atoms with E-state index in [9.17, 15) is 22.4 Å². The Kier molecular flexibility index (Phi) is 7.53. The van der Waals surface area contributed by atoms with Crippen LogP contribution in [0.3, 0.4) is 0 Å². The number of nitrogens with zero attached hydrogens (tertiary/aromatic N) is 3. The van der Waals surface area contributed by atoms with Gasteiger partial charge in [-0.3, -0.25) is 4.79 Å². The Labute approximate surface area is 184 Å². The van der Waals surface area contributed by atoms with Crippen molar-refractivity contribution in [2.75, 3.05) is 6.61 Å². The first-order chi connectivity index (χ1) is 15.2. The van der Waals surface area contributed by atoms with Crippen molar-refractivity contribution in [2.45, 2.75) is 70.4 Å². The fourth-order valence-electron chi connectivity index (χ4n) is 4.17. The van der Waals surface area contributed by atoms with Crippen molar-refractivity contribution in [2.24, 2.45) is 11.7 Å². The highest BCUT2D eigenvalue weighted by Gasteiger charge is 2.37. The molecule has 1 fully saturated rings. The highest BCUT2D eigenvalue weighted by Crippen LogP contribution is 2.38. The molecule has 0 bridgehead atoms. The van der Waals surface area contributed by atoms with E-state index >= 15 is 0 Å². The van der Waals surface area contributed by atoms with Crippen molar-refractivity contribution in [1.82, 2.24) is 15.0 Å². The second-order valence-corrected chi connectivity index (χ2v) is 8.56. The lowest BCUT2D eigenvalue weighted by Gasteiger charge is -2.29. The van der Waals surface area contributed by atoms with Gasteiger partial charge < -0.3 is 10.5 Å². The minimum atomic E-state index is -1.69. The topological polar surface area (TPSA) is 83.0 Å². The van der Waals surface area contributed by atoms with Gasteiger partial charge in [-0.25, -0.2) is 13.5 Å². The minimum Gasteiger partial charge on any atom is -0.479 e. The third-order valence-corrected chi connectivity index (χ3v) is 6.22. The molecule has 2 N–H and O–H groups in total. The maximum absolute atomic E-state index is 13.8. The lowest BCUT2D eigenvalue weighted by molar-refractivity contribution is -0.124. The highest BCUT2D eigenvalue weighted by molar-refractivity contribution is 5.84. The molecule has 1 aromatic carbocycles. The molecule has 0 radical (unpaired) electrons. The van der Waals surface area contributed by atoms with Crippen molar-refractivity contribution in [3.05, 3.63) is 41.2 Å². The summed E-state index contributed by atoms with van der Waals surface area (Å²) in [7, 11) is 0. The van der Waals surface area contributed by atoms with Gasteiger partial charge in [0.1, 0.15) is 18.3 Å². The molecule has 32 heavy (non-hydrogen) atoms.